The Labute approximate surface area is 82.5 Å². The van der Waals surface area contributed by atoms with E-state index in [0.29, 0.717) is 4.90 Å². The van der Waals surface area contributed by atoms with Crippen LogP contribution < -0.4 is 0 Å². The van der Waals surface area contributed by atoms with E-state index in [4.69, 9.17) is 10.7 Å². The van der Waals surface area contributed by atoms with Gasteiger partial charge in [-0.3, -0.25) is 10.1 Å². The monoisotopic (exact) mass is 221 g/mol. The van der Waals surface area contributed by atoms with Crippen LogP contribution in [0.5, 0.6) is 0 Å². The Kier molecular flexibility index (Phi) is 3.11. The Hall–Kier alpha value is -0.810. The minimum atomic E-state index is -0.630. The van der Waals surface area contributed by atoms with E-state index in [1.807, 2.05) is 0 Å². The number of nitrogens with zero attached hydrogens (tertiary/aromatic N) is 1. The third kappa shape index (κ3) is 2.10. The van der Waals surface area contributed by atoms with Gasteiger partial charge in [-0.2, -0.15) is 0 Å². The lowest BCUT2D eigenvalue weighted by Gasteiger charge is -2.00. The van der Waals surface area contributed by atoms with Crippen LogP contribution in [0.2, 0.25) is 0 Å². The van der Waals surface area contributed by atoms with Gasteiger partial charge in [0.1, 0.15) is 5.82 Å². The molecule has 0 N–H and O–H groups in total. The first kappa shape index (κ1) is 10.3. The molecule has 0 spiro atoms. The number of nitro benzene ring substituents is 1. The van der Waals surface area contributed by atoms with Gasteiger partial charge in [0.15, 0.2) is 0 Å². The normalized spacial score (nSPS) is 10.1. The van der Waals surface area contributed by atoms with Crippen LogP contribution >= 0.6 is 21.7 Å². The molecule has 0 bridgehead atoms. The average molecular weight is 222 g/mol. The molecule has 13 heavy (non-hydrogen) atoms. The quantitative estimate of drug-likeness (QED) is 0.569. The molecule has 0 aliphatic heterocycles. The van der Waals surface area contributed by atoms with Crippen molar-refractivity contribution in [2.75, 3.05) is 0 Å². The van der Waals surface area contributed by atoms with Crippen LogP contribution in [-0.4, -0.2) is 4.92 Å². The molecule has 0 atom stereocenters. The van der Waals surface area contributed by atoms with Crippen molar-refractivity contribution in [1.82, 2.24) is 0 Å². The highest BCUT2D eigenvalue weighted by molar-refractivity contribution is 8.21. The van der Waals surface area contributed by atoms with E-state index in [1.54, 1.807) is 0 Å². The molecule has 0 saturated carbocycles. The molecule has 1 rings (SSSR count). The maximum absolute atomic E-state index is 13.0. The number of hydrogen-bond acceptors (Lipinski definition) is 3. The maximum atomic E-state index is 13.0. The number of nitro groups is 1. The summed E-state index contributed by atoms with van der Waals surface area (Å²) in [6, 6.07) is 2.41. The zero-order valence-corrected chi connectivity index (χ0v) is 8.16. The Balaban J connectivity index is 3.33. The van der Waals surface area contributed by atoms with E-state index in [-0.39, 0.29) is 11.3 Å². The number of benzene rings is 1. The summed E-state index contributed by atoms with van der Waals surface area (Å²) < 4.78 is 13.0. The number of rotatable bonds is 2. The largest absolute Gasteiger partial charge is 0.276 e. The Morgan fingerprint density at radius 2 is 2.23 bits per heavy atom. The van der Waals surface area contributed by atoms with E-state index >= 15 is 0 Å². The van der Waals surface area contributed by atoms with Crippen molar-refractivity contribution in [3.05, 3.63) is 33.6 Å². The molecule has 6 heteroatoms. The van der Waals surface area contributed by atoms with Crippen LogP contribution in [-0.2, 0) is 0 Å². The number of halogens is 2. The van der Waals surface area contributed by atoms with E-state index < -0.39 is 10.7 Å². The molecule has 0 saturated heterocycles. The molecule has 1 aromatic rings. The van der Waals surface area contributed by atoms with Crippen molar-refractivity contribution in [2.24, 2.45) is 0 Å². The van der Waals surface area contributed by atoms with Gasteiger partial charge >= 0.3 is 0 Å². The molecule has 0 aliphatic rings. The SMILES string of the molecule is Cc1c(F)cc(SCl)cc1[N+](=O)[O-]. The van der Waals surface area contributed by atoms with Crippen LogP contribution in [0.3, 0.4) is 0 Å². The van der Waals surface area contributed by atoms with Gasteiger partial charge in [-0.25, -0.2) is 4.39 Å². The molecular formula is C7H5ClFNO2S. The average Bonchev–Trinajstić information content (AvgIpc) is 2.09. The van der Waals surface area contributed by atoms with Gasteiger partial charge in [-0.05, 0) is 34.6 Å². The first-order valence-electron chi connectivity index (χ1n) is 3.29. The molecule has 0 radical (unpaired) electrons. The summed E-state index contributed by atoms with van der Waals surface area (Å²) >= 11 is 0. The van der Waals surface area contributed by atoms with Crippen LogP contribution in [0.15, 0.2) is 17.0 Å². The third-order valence-corrected chi connectivity index (χ3v) is 2.52. The second-order valence-electron chi connectivity index (χ2n) is 2.38. The highest BCUT2D eigenvalue weighted by Gasteiger charge is 2.15. The minimum absolute atomic E-state index is 0.0273. The Morgan fingerprint density at radius 3 is 2.69 bits per heavy atom. The molecule has 0 aliphatic carbocycles. The van der Waals surface area contributed by atoms with Gasteiger partial charge in [-0.1, -0.05) is 0 Å². The van der Waals surface area contributed by atoms with Gasteiger partial charge in [0.25, 0.3) is 5.69 Å². The van der Waals surface area contributed by atoms with E-state index in [0.717, 1.165) is 11.0 Å². The molecule has 1 aromatic carbocycles. The highest BCUT2D eigenvalue weighted by atomic mass is 35.7. The summed E-state index contributed by atoms with van der Waals surface area (Å²) in [6.07, 6.45) is 0. The number of hydrogen-bond donors (Lipinski definition) is 0. The van der Waals surface area contributed by atoms with Crippen LogP contribution in [0.1, 0.15) is 5.56 Å². The lowest BCUT2D eigenvalue weighted by Crippen LogP contribution is -1.94. The molecule has 0 unspecified atom stereocenters. The van der Waals surface area contributed by atoms with Crippen molar-refractivity contribution in [3.8, 4) is 0 Å². The second-order valence-corrected chi connectivity index (χ2v) is 3.47. The van der Waals surface area contributed by atoms with Gasteiger partial charge in [0.05, 0.1) is 10.5 Å². The molecule has 0 heterocycles. The first-order valence-corrected chi connectivity index (χ1v) is 4.93. The van der Waals surface area contributed by atoms with Crippen molar-refractivity contribution >= 4 is 27.3 Å². The topological polar surface area (TPSA) is 43.1 Å². The smallest absolute Gasteiger partial charge is 0.258 e. The fraction of sp³-hybridized carbons (Fsp3) is 0.143. The predicted molar refractivity (Wildman–Crippen MR) is 49.5 cm³/mol. The highest BCUT2D eigenvalue weighted by Crippen LogP contribution is 2.30. The van der Waals surface area contributed by atoms with Gasteiger partial charge < -0.3 is 0 Å². The zero-order valence-electron chi connectivity index (χ0n) is 6.58. The molecular weight excluding hydrogens is 217 g/mol. The summed E-state index contributed by atoms with van der Waals surface area (Å²) in [6.45, 7) is 1.36. The van der Waals surface area contributed by atoms with E-state index in [9.17, 15) is 14.5 Å². The fourth-order valence-corrected chi connectivity index (χ4v) is 1.45. The van der Waals surface area contributed by atoms with E-state index in [1.165, 1.54) is 19.1 Å². The summed E-state index contributed by atoms with van der Waals surface area (Å²) in [5.41, 5.74) is -0.220. The summed E-state index contributed by atoms with van der Waals surface area (Å²) in [5, 5.41) is 10.4. The van der Waals surface area contributed by atoms with E-state index in [2.05, 4.69) is 0 Å². The van der Waals surface area contributed by atoms with Crippen LogP contribution in [0, 0.1) is 22.9 Å². The van der Waals surface area contributed by atoms with Crippen LogP contribution in [0.25, 0.3) is 0 Å². The Morgan fingerprint density at radius 1 is 1.62 bits per heavy atom. The zero-order chi connectivity index (χ0) is 10.0. The van der Waals surface area contributed by atoms with Crippen LogP contribution in [0.4, 0.5) is 10.1 Å². The minimum Gasteiger partial charge on any atom is -0.258 e. The first-order chi connectivity index (χ1) is 6.06. The lowest BCUT2D eigenvalue weighted by molar-refractivity contribution is -0.385. The van der Waals surface area contributed by atoms with Gasteiger partial charge in [-0.15, -0.1) is 0 Å². The second kappa shape index (κ2) is 3.93. The third-order valence-electron chi connectivity index (χ3n) is 1.58. The molecule has 0 aromatic heterocycles. The molecule has 70 valence electrons. The Bertz CT molecular complexity index is 359. The molecule has 0 fully saturated rings. The van der Waals surface area contributed by atoms with Crippen molar-refractivity contribution < 1.29 is 9.31 Å². The summed E-state index contributed by atoms with van der Waals surface area (Å²) in [5.74, 6) is -0.614. The molecule has 3 nitrogen and oxygen atoms in total. The molecule has 0 amide bonds. The lowest BCUT2D eigenvalue weighted by atomic mass is 10.2. The summed E-state index contributed by atoms with van der Waals surface area (Å²) in [4.78, 5) is 10.1. The van der Waals surface area contributed by atoms with Crippen molar-refractivity contribution in [3.63, 3.8) is 0 Å². The summed E-state index contributed by atoms with van der Waals surface area (Å²) in [7, 11) is 6.11. The van der Waals surface area contributed by atoms with Crippen molar-refractivity contribution in [2.45, 2.75) is 11.8 Å². The van der Waals surface area contributed by atoms with Crippen molar-refractivity contribution in [1.29, 1.82) is 0 Å². The predicted octanol–water partition coefficient (Wildman–Crippen LogP) is 3.29. The van der Waals surface area contributed by atoms with Gasteiger partial charge in [0.2, 0.25) is 0 Å². The fourth-order valence-electron chi connectivity index (χ4n) is 0.874. The maximum Gasteiger partial charge on any atom is 0.276 e. The standard InChI is InChI=1S/C7H5ClFNO2S/c1-4-6(9)2-5(13-8)3-7(4)10(11)12/h2-3H,1H3. The van der Waals surface area contributed by atoms with Gasteiger partial charge in [0, 0.05) is 11.0 Å².